The molecule has 0 bridgehead atoms. The summed E-state index contributed by atoms with van der Waals surface area (Å²) in [5.74, 6) is -0.608. The summed E-state index contributed by atoms with van der Waals surface area (Å²) in [4.78, 5) is 40.1. The number of hydrogen-bond acceptors (Lipinski definition) is 4. The van der Waals surface area contributed by atoms with Gasteiger partial charge in [0.1, 0.15) is 0 Å². The largest absolute Gasteiger partial charge is 0.322 e. The van der Waals surface area contributed by atoms with Gasteiger partial charge in [-0.25, -0.2) is 0 Å². The van der Waals surface area contributed by atoms with Crippen LogP contribution < -0.4 is 16.2 Å². The smallest absolute Gasteiger partial charge is 0.265 e. The average Bonchev–Trinajstić information content (AvgIpc) is 3.22. The summed E-state index contributed by atoms with van der Waals surface area (Å²) < 4.78 is 0. The van der Waals surface area contributed by atoms with Crippen LogP contribution in [-0.2, 0) is 0 Å². The standard InChI is InChI=1S/C21H15N3O3S/c25-19-12-16(15-7-1-2-8-17(15)24-19)20(26)22-13-5-3-6-14(11-13)23-21(27)18-9-4-10-28-18/h1-12H,(H,22,26)(H,23,27)(H,24,25). The van der Waals surface area contributed by atoms with Crippen molar-refractivity contribution < 1.29 is 9.59 Å². The fourth-order valence-electron chi connectivity index (χ4n) is 2.87. The maximum absolute atomic E-state index is 12.8. The third-order valence-electron chi connectivity index (χ3n) is 4.12. The van der Waals surface area contributed by atoms with E-state index in [-0.39, 0.29) is 17.0 Å². The van der Waals surface area contributed by atoms with Crippen molar-refractivity contribution in [1.29, 1.82) is 0 Å². The zero-order valence-corrected chi connectivity index (χ0v) is 15.4. The van der Waals surface area contributed by atoms with Gasteiger partial charge in [0, 0.05) is 28.3 Å². The lowest BCUT2D eigenvalue weighted by Gasteiger charge is -2.10. The molecule has 4 rings (SSSR count). The molecule has 7 heteroatoms. The molecule has 6 nitrogen and oxygen atoms in total. The van der Waals surface area contributed by atoms with Gasteiger partial charge in [0.25, 0.3) is 11.8 Å². The van der Waals surface area contributed by atoms with E-state index >= 15 is 0 Å². The molecular formula is C21H15N3O3S. The van der Waals surface area contributed by atoms with Gasteiger partial charge in [-0.1, -0.05) is 30.3 Å². The monoisotopic (exact) mass is 389 g/mol. The van der Waals surface area contributed by atoms with Crippen molar-refractivity contribution in [3.63, 3.8) is 0 Å². The SMILES string of the molecule is O=C(Nc1cccc(NC(=O)c2cc(=O)[nH]c3ccccc23)c1)c1cccs1. The average molecular weight is 389 g/mol. The Balaban J connectivity index is 1.57. The highest BCUT2D eigenvalue weighted by Gasteiger charge is 2.13. The fourth-order valence-corrected chi connectivity index (χ4v) is 3.49. The third-order valence-corrected chi connectivity index (χ3v) is 4.99. The predicted octanol–water partition coefficient (Wildman–Crippen LogP) is 4.09. The van der Waals surface area contributed by atoms with Crippen molar-refractivity contribution in [2.24, 2.45) is 0 Å². The Labute approximate surface area is 163 Å². The second-order valence-electron chi connectivity index (χ2n) is 6.06. The predicted molar refractivity (Wildman–Crippen MR) is 111 cm³/mol. The molecule has 0 aliphatic heterocycles. The van der Waals surface area contributed by atoms with Crippen molar-refractivity contribution in [2.75, 3.05) is 10.6 Å². The van der Waals surface area contributed by atoms with E-state index in [4.69, 9.17) is 0 Å². The quantitative estimate of drug-likeness (QED) is 0.491. The van der Waals surface area contributed by atoms with Crippen LogP contribution in [-0.4, -0.2) is 16.8 Å². The van der Waals surface area contributed by atoms with Gasteiger partial charge in [0.05, 0.1) is 10.4 Å². The van der Waals surface area contributed by atoms with Crippen molar-refractivity contribution in [1.82, 2.24) is 4.98 Å². The molecule has 2 aromatic carbocycles. The molecule has 28 heavy (non-hydrogen) atoms. The second kappa shape index (κ2) is 7.50. The van der Waals surface area contributed by atoms with Crippen molar-refractivity contribution >= 4 is 45.4 Å². The Kier molecular flexibility index (Phi) is 4.74. The Morgan fingerprint density at radius 2 is 1.57 bits per heavy atom. The van der Waals surface area contributed by atoms with Gasteiger partial charge in [-0.3, -0.25) is 14.4 Å². The lowest BCUT2D eigenvalue weighted by atomic mass is 10.1. The molecule has 0 spiro atoms. The number of aromatic nitrogens is 1. The van der Waals surface area contributed by atoms with Crippen LogP contribution in [0.15, 0.2) is 76.9 Å². The highest BCUT2D eigenvalue weighted by molar-refractivity contribution is 7.12. The van der Waals surface area contributed by atoms with Crippen molar-refractivity contribution in [3.8, 4) is 0 Å². The number of fused-ring (bicyclic) bond motifs is 1. The Morgan fingerprint density at radius 1 is 0.821 bits per heavy atom. The number of pyridine rings is 1. The number of anilines is 2. The molecule has 138 valence electrons. The number of rotatable bonds is 4. The molecule has 0 fully saturated rings. The van der Waals surface area contributed by atoms with Crippen LogP contribution in [0, 0.1) is 0 Å². The molecular weight excluding hydrogens is 374 g/mol. The van der Waals surface area contributed by atoms with Crippen LogP contribution in [0.1, 0.15) is 20.0 Å². The molecule has 0 saturated heterocycles. The minimum Gasteiger partial charge on any atom is -0.322 e. The summed E-state index contributed by atoms with van der Waals surface area (Å²) in [6, 6.07) is 18.8. The molecule has 0 unspecified atom stereocenters. The first-order valence-electron chi connectivity index (χ1n) is 8.48. The molecule has 2 amide bonds. The Bertz CT molecular complexity index is 1230. The minimum atomic E-state index is -0.399. The molecule has 0 aliphatic rings. The summed E-state index contributed by atoms with van der Waals surface area (Å²) in [7, 11) is 0. The van der Waals surface area contributed by atoms with E-state index in [1.807, 2.05) is 11.4 Å². The zero-order chi connectivity index (χ0) is 19.5. The first-order valence-corrected chi connectivity index (χ1v) is 9.36. The minimum absolute atomic E-state index is 0.209. The van der Waals surface area contributed by atoms with E-state index in [2.05, 4.69) is 15.6 Å². The summed E-state index contributed by atoms with van der Waals surface area (Å²) >= 11 is 1.35. The van der Waals surface area contributed by atoms with E-state index in [9.17, 15) is 14.4 Å². The van der Waals surface area contributed by atoms with Crippen LogP contribution in [0.25, 0.3) is 10.9 Å². The number of carbonyl (C=O) groups is 2. The van der Waals surface area contributed by atoms with Crippen LogP contribution in [0.2, 0.25) is 0 Å². The molecule has 0 radical (unpaired) electrons. The van der Waals surface area contributed by atoms with E-state index in [0.717, 1.165) is 0 Å². The number of carbonyl (C=O) groups excluding carboxylic acids is 2. The molecule has 2 heterocycles. The summed E-state index contributed by atoms with van der Waals surface area (Å²) in [6.45, 7) is 0. The summed E-state index contributed by atoms with van der Waals surface area (Å²) in [5, 5.41) is 8.07. The summed E-state index contributed by atoms with van der Waals surface area (Å²) in [5.41, 5.74) is 1.61. The first kappa shape index (κ1) is 17.7. The topological polar surface area (TPSA) is 91.1 Å². The number of hydrogen-bond donors (Lipinski definition) is 3. The van der Waals surface area contributed by atoms with E-state index < -0.39 is 5.91 Å². The van der Waals surface area contributed by atoms with E-state index in [1.54, 1.807) is 54.6 Å². The van der Waals surface area contributed by atoms with Gasteiger partial charge in [-0.2, -0.15) is 0 Å². The maximum Gasteiger partial charge on any atom is 0.265 e. The number of aromatic amines is 1. The number of para-hydroxylation sites is 1. The van der Waals surface area contributed by atoms with Crippen molar-refractivity contribution in [3.05, 3.63) is 92.9 Å². The number of benzene rings is 2. The molecule has 0 atom stereocenters. The van der Waals surface area contributed by atoms with Crippen LogP contribution in [0.3, 0.4) is 0 Å². The van der Waals surface area contributed by atoms with E-state index in [1.165, 1.54) is 17.4 Å². The normalized spacial score (nSPS) is 10.6. The van der Waals surface area contributed by atoms with Gasteiger partial charge in [-0.15, -0.1) is 11.3 Å². The number of H-pyrrole nitrogens is 1. The van der Waals surface area contributed by atoms with Gasteiger partial charge < -0.3 is 15.6 Å². The summed E-state index contributed by atoms with van der Waals surface area (Å²) in [6.07, 6.45) is 0. The first-order chi connectivity index (χ1) is 13.6. The lowest BCUT2D eigenvalue weighted by molar-refractivity contribution is 0.102. The van der Waals surface area contributed by atoms with Crippen LogP contribution in [0.5, 0.6) is 0 Å². The Hall–Kier alpha value is -3.71. The zero-order valence-electron chi connectivity index (χ0n) is 14.6. The van der Waals surface area contributed by atoms with Gasteiger partial charge in [0.2, 0.25) is 5.56 Å². The second-order valence-corrected chi connectivity index (χ2v) is 7.01. The Morgan fingerprint density at radius 3 is 2.32 bits per heavy atom. The van der Waals surface area contributed by atoms with Gasteiger partial charge in [-0.05, 0) is 35.7 Å². The highest BCUT2D eigenvalue weighted by Crippen LogP contribution is 2.20. The van der Waals surface area contributed by atoms with Crippen LogP contribution in [0.4, 0.5) is 11.4 Å². The number of nitrogens with one attached hydrogen (secondary N) is 3. The fraction of sp³-hybridized carbons (Fsp3) is 0. The van der Waals surface area contributed by atoms with E-state index in [0.29, 0.717) is 27.2 Å². The molecule has 4 aromatic rings. The number of thiophene rings is 1. The molecule has 0 saturated carbocycles. The van der Waals surface area contributed by atoms with Crippen molar-refractivity contribution in [2.45, 2.75) is 0 Å². The van der Waals surface area contributed by atoms with Gasteiger partial charge >= 0.3 is 0 Å². The number of amides is 2. The maximum atomic E-state index is 12.8. The third kappa shape index (κ3) is 3.70. The van der Waals surface area contributed by atoms with Crippen LogP contribution >= 0.6 is 11.3 Å². The highest BCUT2D eigenvalue weighted by atomic mass is 32.1. The molecule has 0 aliphatic carbocycles. The van der Waals surface area contributed by atoms with Gasteiger partial charge in [0.15, 0.2) is 0 Å². The lowest BCUT2D eigenvalue weighted by Crippen LogP contribution is -2.17. The molecule has 2 aromatic heterocycles. The molecule has 3 N–H and O–H groups in total.